The summed E-state index contributed by atoms with van der Waals surface area (Å²) in [4.78, 5) is 11.2. The molecule has 0 saturated carbocycles. The van der Waals surface area contributed by atoms with Gasteiger partial charge in [0.05, 0.1) is 32.1 Å². The number of hydrogen-bond donors (Lipinski definition) is 1. The van der Waals surface area contributed by atoms with Crippen LogP contribution in [0.4, 0.5) is 5.69 Å². The quantitative estimate of drug-likeness (QED) is 0.130. The van der Waals surface area contributed by atoms with Crippen molar-refractivity contribution in [3.8, 4) is 34.5 Å². The second-order valence-corrected chi connectivity index (χ2v) is 28.0. The molecule has 0 aromatic heterocycles. The first-order valence-electron chi connectivity index (χ1n) is 32.9. The first-order chi connectivity index (χ1) is 41.1. The Bertz CT molecular complexity index is 2920. The van der Waals surface area contributed by atoms with Gasteiger partial charge in [-0.3, -0.25) is 4.79 Å². The molecule has 86 heavy (non-hydrogen) atoms. The van der Waals surface area contributed by atoms with Gasteiger partial charge in [-0.2, -0.15) is 0 Å². The minimum Gasteiger partial charge on any atom is -0.493 e. The van der Waals surface area contributed by atoms with Gasteiger partial charge in [0, 0.05) is 30.4 Å². The lowest BCUT2D eigenvalue weighted by Crippen LogP contribution is -2.28. The Balaban J connectivity index is 0.000000148. The van der Waals surface area contributed by atoms with E-state index in [0.717, 1.165) is 154 Å². The van der Waals surface area contributed by atoms with E-state index < -0.39 is 0 Å². The van der Waals surface area contributed by atoms with Crippen molar-refractivity contribution < 1.29 is 33.2 Å². The molecule has 0 aliphatic carbocycles. The van der Waals surface area contributed by atoms with E-state index in [1.807, 2.05) is 6.07 Å². The average molecular weight is 1170 g/mol. The molecule has 0 unspecified atom stereocenters. The molecule has 0 radical (unpaired) electrons. The number of rotatable bonds is 12. The largest absolute Gasteiger partial charge is 0.493 e. The predicted octanol–water partition coefficient (Wildman–Crippen LogP) is 18.2. The van der Waals surface area contributed by atoms with E-state index in [1.165, 1.54) is 81.3 Å². The number of hydrogen-bond acceptors (Lipinski definition) is 8. The Hall–Kier alpha value is -6.41. The summed E-state index contributed by atoms with van der Waals surface area (Å²) in [5.41, 5.74) is 16.4. The van der Waals surface area contributed by atoms with Crippen molar-refractivity contribution in [3.63, 3.8) is 0 Å². The molecule has 6 aliphatic heterocycles. The third kappa shape index (κ3) is 22.4. The fourth-order valence-corrected chi connectivity index (χ4v) is 11.8. The fraction of sp³-hybridized carbons (Fsp3) is 0.526. The van der Waals surface area contributed by atoms with Gasteiger partial charge in [0.1, 0.15) is 47.7 Å². The monoisotopic (exact) mass is 1170 g/mol. The van der Waals surface area contributed by atoms with Gasteiger partial charge in [-0.05, 0) is 204 Å². The number of fused-ring (bicyclic) bond motifs is 6. The molecular weight excluding hydrogens is 1060 g/mol. The molecule has 6 aliphatic rings. The topological polar surface area (TPSA) is 84.5 Å². The van der Waals surface area contributed by atoms with Gasteiger partial charge in [-0.1, -0.05) is 164 Å². The summed E-state index contributed by atoms with van der Waals surface area (Å²) < 4.78 is 33.5. The van der Waals surface area contributed by atoms with Crippen molar-refractivity contribution >= 4 is 11.5 Å². The minimum absolute atomic E-state index is 0.166. The third-order valence-electron chi connectivity index (χ3n) is 15.6. The molecule has 8 nitrogen and oxygen atoms in total. The zero-order valence-electron chi connectivity index (χ0n) is 55.4. The molecule has 1 N–H and O–H groups in total. The lowest BCUT2D eigenvalue weighted by molar-refractivity contribution is -0.121. The molecular formula is C78H107NO7. The number of ketones is 1. The lowest BCUT2D eigenvalue weighted by Gasteiger charge is -2.31. The minimum atomic E-state index is 0.166. The highest BCUT2D eigenvalue weighted by Crippen LogP contribution is 2.36. The number of benzene rings is 6. The van der Waals surface area contributed by atoms with Gasteiger partial charge in [0.15, 0.2) is 5.78 Å². The number of carbonyl (C=O) groups excluding carboxylic acids is 1. The fourth-order valence-electron chi connectivity index (χ4n) is 11.8. The van der Waals surface area contributed by atoms with Crippen LogP contribution in [0.1, 0.15) is 171 Å². The summed E-state index contributed by atoms with van der Waals surface area (Å²) in [6.45, 7) is 36.8. The zero-order chi connectivity index (χ0) is 61.8. The zero-order valence-corrected chi connectivity index (χ0v) is 55.4. The van der Waals surface area contributed by atoms with Crippen molar-refractivity contribution in [2.45, 2.75) is 180 Å². The van der Waals surface area contributed by atoms with Crippen molar-refractivity contribution in [2.75, 3.05) is 51.5 Å². The predicted molar refractivity (Wildman–Crippen MR) is 358 cm³/mol. The number of carbonyl (C=O) groups is 1. The van der Waals surface area contributed by atoms with Crippen LogP contribution in [0.3, 0.4) is 0 Å². The second-order valence-electron chi connectivity index (χ2n) is 28.0. The maximum absolute atomic E-state index is 11.2. The summed E-state index contributed by atoms with van der Waals surface area (Å²) in [5.74, 6) is 10.7. The number of aryl methyl sites for hydroxylation is 2. The maximum Gasteiger partial charge on any atom is 0.174 e. The summed E-state index contributed by atoms with van der Waals surface area (Å²) in [5, 5.41) is 3.35. The molecule has 0 fully saturated rings. The number of Topliss-reactive ketones (excluding diaryl/α,β-unsaturated/α-hetero) is 1. The van der Waals surface area contributed by atoms with E-state index >= 15 is 0 Å². The first kappa shape index (κ1) is 67.1. The van der Waals surface area contributed by atoms with Gasteiger partial charge in [-0.15, -0.1) is 0 Å². The van der Waals surface area contributed by atoms with Crippen LogP contribution in [0.5, 0.6) is 34.5 Å². The summed E-state index contributed by atoms with van der Waals surface area (Å²) in [7, 11) is 0. The van der Waals surface area contributed by atoms with Crippen molar-refractivity contribution in [2.24, 2.45) is 40.9 Å². The number of ether oxygens (including phenoxy) is 6. The molecule has 12 rings (SSSR count). The average Bonchev–Trinajstić information content (AvgIpc) is 4.10. The Morgan fingerprint density at radius 2 is 0.779 bits per heavy atom. The highest BCUT2D eigenvalue weighted by molar-refractivity contribution is 5.84. The Morgan fingerprint density at radius 3 is 1.31 bits per heavy atom. The van der Waals surface area contributed by atoms with Crippen LogP contribution in [-0.2, 0) is 75.4 Å². The molecule has 0 bridgehead atoms. The highest BCUT2D eigenvalue weighted by atomic mass is 16.5. The summed E-state index contributed by atoms with van der Waals surface area (Å²) in [6, 6.07) is 39.3. The van der Waals surface area contributed by atoms with Crippen LogP contribution in [-0.4, -0.2) is 52.0 Å². The van der Waals surface area contributed by atoms with E-state index in [4.69, 9.17) is 28.4 Å². The Labute approximate surface area is 519 Å². The number of anilines is 1. The maximum atomic E-state index is 11.2. The van der Waals surface area contributed by atoms with Crippen LogP contribution in [0.25, 0.3) is 0 Å². The van der Waals surface area contributed by atoms with Crippen LogP contribution in [0.2, 0.25) is 0 Å². The van der Waals surface area contributed by atoms with Crippen molar-refractivity contribution in [3.05, 3.63) is 170 Å². The van der Waals surface area contributed by atoms with Gasteiger partial charge in [0.2, 0.25) is 0 Å². The normalized spacial score (nSPS) is 15.4. The van der Waals surface area contributed by atoms with Gasteiger partial charge in [0.25, 0.3) is 0 Å². The van der Waals surface area contributed by atoms with E-state index in [-0.39, 0.29) is 17.8 Å². The Morgan fingerprint density at radius 1 is 0.384 bits per heavy atom. The lowest BCUT2D eigenvalue weighted by atomic mass is 9.84. The molecule has 6 aromatic carbocycles. The standard InChI is InChI=1S/C15H22O.C13H16O2.2C13H18O.C12H17NO.C12H16O/c1-11(2)7-12-5-6-13-9-15(3,4)10-16-14(13)8-12;1-9(2)5-10-3-4-11-7-12(14)8-15-13(11)6-10;1-10(2)8-11-5-6-13-12(9-11)4-3-7-14-13;1-10(2)8-11-5-6-12-4-3-7-14-13(12)9-11;1-9(2)7-10-3-4-12-11(8-10)13-5-6-14-12;1-9(2)7-10-3-4-12-11(8-10)5-6-13-12/h5-6,8,11H,7,9-10H2,1-4H3;3-4,6,9H,5,7-8H2,1-2H3;2*5-6,9-10H,3-4,7-8H2,1-2H3;3-4,8-9,13H,5-7H2,1-2H3;3-4,8-9H,5-7H2,1-2H3. The van der Waals surface area contributed by atoms with Crippen LogP contribution in [0, 0.1) is 40.9 Å². The molecule has 6 aromatic rings. The highest BCUT2D eigenvalue weighted by Gasteiger charge is 2.27. The summed E-state index contributed by atoms with van der Waals surface area (Å²) >= 11 is 0. The van der Waals surface area contributed by atoms with Crippen LogP contribution in [0.15, 0.2) is 109 Å². The van der Waals surface area contributed by atoms with E-state index in [0.29, 0.717) is 24.2 Å². The van der Waals surface area contributed by atoms with Gasteiger partial charge >= 0.3 is 0 Å². The molecule has 466 valence electrons. The second kappa shape index (κ2) is 33.1. The molecule has 0 saturated heterocycles. The van der Waals surface area contributed by atoms with Gasteiger partial charge in [-0.25, -0.2) is 0 Å². The Kier molecular flexibility index (Phi) is 25.8. The van der Waals surface area contributed by atoms with E-state index in [1.54, 1.807) is 0 Å². The molecule has 0 amide bonds. The molecule has 6 heterocycles. The van der Waals surface area contributed by atoms with E-state index in [2.05, 4.69) is 205 Å². The third-order valence-corrected chi connectivity index (χ3v) is 15.6. The molecule has 0 atom stereocenters. The number of nitrogens with one attached hydrogen (secondary N) is 1. The van der Waals surface area contributed by atoms with Crippen LogP contribution < -0.4 is 33.7 Å². The van der Waals surface area contributed by atoms with Gasteiger partial charge < -0.3 is 33.7 Å². The van der Waals surface area contributed by atoms with Crippen molar-refractivity contribution in [1.29, 1.82) is 0 Å². The van der Waals surface area contributed by atoms with E-state index in [9.17, 15) is 4.79 Å². The smallest absolute Gasteiger partial charge is 0.174 e. The first-order valence-corrected chi connectivity index (χ1v) is 32.9. The summed E-state index contributed by atoms with van der Waals surface area (Å²) in [6.07, 6.45) is 14.3. The van der Waals surface area contributed by atoms with Crippen LogP contribution >= 0.6 is 0 Å². The SMILES string of the molecule is CC(C)Cc1ccc2c(c1)CCCO2.CC(C)Cc1ccc2c(c1)CCO2.CC(C)Cc1ccc2c(c1)NCCO2.CC(C)Cc1ccc2c(c1)OCC(=O)C2.CC(C)Cc1ccc2c(c1)OCC(C)(C)C2.CC(C)Cc1ccc2c(c1)OCCC2. The molecule has 8 heteroatoms. The van der Waals surface area contributed by atoms with Crippen molar-refractivity contribution in [1.82, 2.24) is 0 Å². The molecule has 0 spiro atoms.